The van der Waals surface area contributed by atoms with E-state index in [0.29, 0.717) is 6.04 Å². The predicted octanol–water partition coefficient (Wildman–Crippen LogP) is 3.45. The summed E-state index contributed by atoms with van der Waals surface area (Å²) in [6.07, 6.45) is 2.38. The second-order valence-corrected chi connectivity index (χ2v) is 6.23. The lowest BCUT2D eigenvalue weighted by Crippen LogP contribution is -2.39. The molecule has 1 aliphatic rings. The lowest BCUT2D eigenvalue weighted by Gasteiger charge is -2.36. The first-order valence-corrected chi connectivity index (χ1v) is 7.75. The van der Waals surface area contributed by atoms with E-state index >= 15 is 0 Å². The van der Waals surface area contributed by atoms with Crippen LogP contribution in [0.4, 0.5) is 4.39 Å². The molecule has 0 aliphatic carbocycles. The number of halogens is 1. The van der Waals surface area contributed by atoms with E-state index in [-0.39, 0.29) is 5.82 Å². The normalized spacial score (nSPS) is 25.6. The van der Waals surface area contributed by atoms with Crippen LogP contribution in [0.3, 0.4) is 0 Å². The number of benzene rings is 1. The Bertz CT molecular complexity index is 404. The van der Waals surface area contributed by atoms with Gasteiger partial charge in [-0.25, -0.2) is 4.39 Å². The number of hydrogen-bond acceptors (Lipinski definition) is 2. The Balaban J connectivity index is 1.86. The summed E-state index contributed by atoms with van der Waals surface area (Å²) in [5, 5.41) is 3.35. The van der Waals surface area contributed by atoms with Gasteiger partial charge in [0.15, 0.2) is 0 Å². The third-order valence-electron chi connectivity index (χ3n) is 4.77. The molecule has 3 atom stereocenters. The number of piperidine rings is 1. The molecular weight excluding hydrogens is 251 g/mol. The second kappa shape index (κ2) is 7.19. The Labute approximate surface area is 122 Å². The van der Waals surface area contributed by atoms with Crippen LogP contribution in [-0.2, 0) is 0 Å². The van der Waals surface area contributed by atoms with Crippen LogP contribution in [0.15, 0.2) is 24.3 Å². The number of hydrogen-bond donors (Lipinski definition) is 1. The minimum atomic E-state index is -0.164. The van der Waals surface area contributed by atoms with Gasteiger partial charge in [0.2, 0.25) is 0 Å². The quantitative estimate of drug-likeness (QED) is 0.887. The van der Waals surface area contributed by atoms with Gasteiger partial charge in [-0.3, -0.25) is 0 Å². The highest BCUT2D eigenvalue weighted by Gasteiger charge is 2.23. The maximum absolute atomic E-state index is 13.0. The van der Waals surface area contributed by atoms with Crippen molar-refractivity contribution in [1.29, 1.82) is 0 Å². The van der Waals surface area contributed by atoms with E-state index < -0.39 is 0 Å². The first kappa shape index (κ1) is 15.5. The van der Waals surface area contributed by atoms with Gasteiger partial charge in [0, 0.05) is 12.6 Å². The highest BCUT2D eigenvalue weighted by Crippen LogP contribution is 2.24. The molecule has 1 aromatic carbocycles. The molecular formula is C17H27FN2. The number of rotatable bonds is 5. The molecule has 1 fully saturated rings. The van der Waals surface area contributed by atoms with Gasteiger partial charge in [-0.2, -0.15) is 0 Å². The molecule has 112 valence electrons. The summed E-state index contributed by atoms with van der Waals surface area (Å²) in [4.78, 5) is 2.57. The molecule has 1 saturated heterocycles. The fraction of sp³-hybridized carbons (Fsp3) is 0.647. The van der Waals surface area contributed by atoms with Crippen molar-refractivity contribution in [2.24, 2.45) is 11.8 Å². The Morgan fingerprint density at radius 1 is 1.25 bits per heavy atom. The van der Waals surface area contributed by atoms with Crippen LogP contribution in [0, 0.1) is 17.7 Å². The van der Waals surface area contributed by atoms with Gasteiger partial charge in [0.25, 0.3) is 0 Å². The molecule has 3 unspecified atom stereocenters. The number of nitrogens with zero attached hydrogens (tertiary/aromatic N) is 1. The highest BCUT2D eigenvalue weighted by molar-refractivity contribution is 5.19. The van der Waals surface area contributed by atoms with Crippen molar-refractivity contribution >= 4 is 0 Å². The summed E-state index contributed by atoms with van der Waals surface area (Å²) in [5.41, 5.74) is 1.17. The molecule has 2 nitrogen and oxygen atoms in total. The van der Waals surface area contributed by atoms with Crippen LogP contribution in [0.25, 0.3) is 0 Å². The predicted molar refractivity (Wildman–Crippen MR) is 82.2 cm³/mol. The van der Waals surface area contributed by atoms with E-state index in [1.807, 2.05) is 19.2 Å². The smallest absolute Gasteiger partial charge is 0.123 e. The van der Waals surface area contributed by atoms with Gasteiger partial charge in [0.05, 0.1) is 0 Å². The average molecular weight is 278 g/mol. The minimum absolute atomic E-state index is 0.164. The van der Waals surface area contributed by atoms with Crippen LogP contribution in [-0.4, -0.2) is 31.6 Å². The van der Waals surface area contributed by atoms with Crippen molar-refractivity contribution in [2.75, 3.05) is 26.7 Å². The van der Waals surface area contributed by atoms with Crippen molar-refractivity contribution < 1.29 is 4.39 Å². The zero-order valence-electron chi connectivity index (χ0n) is 12.9. The van der Waals surface area contributed by atoms with Crippen LogP contribution in [0.5, 0.6) is 0 Å². The van der Waals surface area contributed by atoms with Crippen molar-refractivity contribution in [3.63, 3.8) is 0 Å². The molecule has 0 spiro atoms. The second-order valence-electron chi connectivity index (χ2n) is 6.23. The van der Waals surface area contributed by atoms with E-state index in [9.17, 15) is 4.39 Å². The van der Waals surface area contributed by atoms with E-state index in [2.05, 4.69) is 24.1 Å². The van der Waals surface area contributed by atoms with E-state index in [0.717, 1.165) is 24.8 Å². The zero-order chi connectivity index (χ0) is 14.5. The molecule has 0 radical (unpaired) electrons. The largest absolute Gasteiger partial charge is 0.313 e. The Morgan fingerprint density at radius 2 is 1.95 bits per heavy atom. The summed E-state index contributed by atoms with van der Waals surface area (Å²) in [6.45, 7) is 8.25. The lowest BCUT2D eigenvalue weighted by molar-refractivity contribution is 0.134. The lowest BCUT2D eigenvalue weighted by atomic mass is 9.88. The van der Waals surface area contributed by atoms with Crippen LogP contribution < -0.4 is 5.32 Å². The summed E-state index contributed by atoms with van der Waals surface area (Å²) in [7, 11) is 1.98. The van der Waals surface area contributed by atoms with Gasteiger partial charge >= 0.3 is 0 Å². The van der Waals surface area contributed by atoms with E-state index in [1.54, 1.807) is 12.1 Å². The van der Waals surface area contributed by atoms with Crippen LogP contribution >= 0.6 is 0 Å². The topological polar surface area (TPSA) is 15.3 Å². The molecule has 0 saturated carbocycles. The molecule has 1 aromatic rings. The van der Waals surface area contributed by atoms with Crippen LogP contribution in [0.2, 0.25) is 0 Å². The monoisotopic (exact) mass is 278 g/mol. The standard InChI is InChI=1S/C17H27FN2/c1-13-8-10-20(12-14(13)2)11-9-17(19-3)15-4-6-16(18)7-5-15/h4-7,13-14,17,19H,8-12H2,1-3H3. The van der Waals surface area contributed by atoms with Crippen molar-refractivity contribution in [3.05, 3.63) is 35.6 Å². The first-order chi connectivity index (χ1) is 9.60. The summed E-state index contributed by atoms with van der Waals surface area (Å²) < 4.78 is 13.0. The van der Waals surface area contributed by atoms with Gasteiger partial charge in [-0.1, -0.05) is 26.0 Å². The molecule has 1 N–H and O–H groups in total. The van der Waals surface area contributed by atoms with Crippen LogP contribution in [0.1, 0.15) is 38.3 Å². The SMILES string of the molecule is CNC(CCN1CCC(C)C(C)C1)c1ccc(F)cc1. The van der Waals surface area contributed by atoms with E-state index in [4.69, 9.17) is 0 Å². The van der Waals surface area contributed by atoms with Crippen molar-refractivity contribution in [2.45, 2.75) is 32.7 Å². The maximum atomic E-state index is 13.0. The zero-order valence-corrected chi connectivity index (χ0v) is 12.9. The van der Waals surface area contributed by atoms with Gasteiger partial charge < -0.3 is 10.2 Å². The Morgan fingerprint density at radius 3 is 2.55 bits per heavy atom. The Kier molecular flexibility index (Phi) is 5.55. The number of likely N-dealkylation sites (tertiary alicyclic amines) is 1. The summed E-state index contributed by atoms with van der Waals surface area (Å²) >= 11 is 0. The van der Waals surface area contributed by atoms with E-state index in [1.165, 1.54) is 25.1 Å². The molecule has 2 rings (SSSR count). The summed E-state index contributed by atoms with van der Waals surface area (Å²) in [5.74, 6) is 1.48. The van der Waals surface area contributed by atoms with Crippen molar-refractivity contribution in [3.8, 4) is 0 Å². The molecule has 0 aromatic heterocycles. The number of nitrogens with one attached hydrogen (secondary N) is 1. The minimum Gasteiger partial charge on any atom is -0.313 e. The molecule has 0 bridgehead atoms. The van der Waals surface area contributed by atoms with Gasteiger partial charge in [0.1, 0.15) is 5.82 Å². The Hall–Kier alpha value is -0.930. The fourth-order valence-electron chi connectivity index (χ4n) is 3.04. The molecule has 0 amide bonds. The molecule has 1 heterocycles. The molecule has 1 aliphatic heterocycles. The fourth-order valence-corrected chi connectivity index (χ4v) is 3.04. The van der Waals surface area contributed by atoms with Gasteiger partial charge in [-0.15, -0.1) is 0 Å². The third-order valence-corrected chi connectivity index (χ3v) is 4.77. The highest BCUT2D eigenvalue weighted by atomic mass is 19.1. The maximum Gasteiger partial charge on any atom is 0.123 e. The molecule has 20 heavy (non-hydrogen) atoms. The summed E-state index contributed by atoms with van der Waals surface area (Å²) in [6, 6.07) is 7.17. The third kappa shape index (κ3) is 4.03. The van der Waals surface area contributed by atoms with Crippen molar-refractivity contribution in [1.82, 2.24) is 10.2 Å². The first-order valence-electron chi connectivity index (χ1n) is 7.75. The average Bonchev–Trinajstić information content (AvgIpc) is 2.45. The molecule has 3 heteroatoms. The van der Waals surface area contributed by atoms with Gasteiger partial charge in [-0.05, 0) is 62.5 Å².